The van der Waals surface area contributed by atoms with Gasteiger partial charge in [-0.3, -0.25) is 0 Å². The Labute approximate surface area is 296 Å². The summed E-state index contributed by atoms with van der Waals surface area (Å²) in [5.41, 5.74) is 5.94. The molecule has 0 saturated heterocycles. The monoisotopic (exact) mass is 668 g/mol. The van der Waals surface area contributed by atoms with Gasteiger partial charge in [-0.15, -0.1) is 0 Å². The minimum absolute atomic E-state index is 0.0898. The van der Waals surface area contributed by atoms with Crippen LogP contribution in [0.4, 0.5) is 0 Å². The highest BCUT2D eigenvalue weighted by Gasteiger charge is 2.58. The first kappa shape index (κ1) is 34.1. The van der Waals surface area contributed by atoms with E-state index in [4.69, 9.17) is 0 Å². The maximum absolute atomic E-state index is 11.0. The summed E-state index contributed by atoms with van der Waals surface area (Å²) >= 11 is 0. The van der Waals surface area contributed by atoms with E-state index < -0.39 is 0 Å². The number of rotatable bonds is 10. The molecule has 0 spiro atoms. The first-order chi connectivity index (χ1) is 23.7. The Morgan fingerprint density at radius 3 is 1.39 bits per heavy atom. The van der Waals surface area contributed by atoms with Crippen LogP contribution in [0.5, 0.6) is 11.5 Å². The van der Waals surface area contributed by atoms with Crippen molar-refractivity contribution in [2.75, 3.05) is 0 Å². The van der Waals surface area contributed by atoms with Crippen LogP contribution in [-0.2, 0) is 12.8 Å². The zero-order chi connectivity index (χ0) is 33.9. The number of fused-ring (bicyclic) bond motifs is 10. The summed E-state index contributed by atoms with van der Waals surface area (Å²) in [6.07, 6.45) is 22.7. The van der Waals surface area contributed by atoms with E-state index in [1.54, 1.807) is 0 Å². The zero-order valence-corrected chi connectivity index (χ0v) is 30.5. The third-order valence-corrected chi connectivity index (χ3v) is 16.3. The molecular formula is C45H64O4. The quantitative estimate of drug-likeness (QED) is 0.190. The standard InChI is InChI=1S/C45H64O4/c1-44-22-20-36-34-14-12-32(46)26-30(34)24-28(42(36)38(44)16-18-40(44)48)10-8-6-4-3-5-7-9-11-29-25-31-27-33(47)13-15-35(31)37-21-23-45(2)39(43(29)37)17-19-41(45)49/h12-15,26-29,36-43,46-49H,3-11,16-25H2,1-2H3/t28?,29?,36-,37-,38+,39+,40+,41+,42-,43-,44+,45+/m1/s1. The molecule has 2 aromatic carbocycles. The summed E-state index contributed by atoms with van der Waals surface area (Å²) in [4.78, 5) is 0. The van der Waals surface area contributed by atoms with Crippen LogP contribution in [0.2, 0.25) is 0 Å². The highest BCUT2D eigenvalue weighted by atomic mass is 16.3. The van der Waals surface area contributed by atoms with Crippen molar-refractivity contribution >= 4 is 0 Å². The lowest BCUT2D eigenvalue weighted by molar-refractivity contribution is -0.0396. The fraction of sp³-hybridized carbons (Fsp3) is 0.733. The first-order valence-corrected chi connectivity index (χ1v) is 20.7. The van der Waals surface area contributed by atoms with E-state index in [1.807, 2.05) is 12.1 Å². The van der Waals surface area contributed by atoms with Crippen LogP contribution in [0.15, 0.2) is 36.4 Å². The van der Waals surface area contributed by atoms with Gasteiger partial charge in [-0.2, -0.15) is 0 Å². The molecule has 49 heavy (non-hydrogen) atoms. The lowest BCUT2D eigenvalue weighted by Crippen LogP contribution is -2.47. The van der Waals surface area contributed by atoms with E-state index in [1.165, 1.54) is 106 Å². The number of phenols is 2. The molecule has 0 amide bonds. The predicted octanol–water partition coefficient (Wildman–Crippen LogP) is 10.2. The molecule has 0 aromatic heterocycles. The van der Waals surface area contributed by atoms with Crippen LogP contribution in [0.1, 0.15) is 157 Å². The largest absolute Gasteiger partial charge is 0.508 e. The van der Waals surface area contributed by atoms with Gasteiger partial charge in [0.15, 0.2) is 0 Å². The van der Waals surface area contributed by atoms with Crippen molar-refractivity contribution in [1.29, 1.82) is 0 Å². The number of hydrogen-bond acceptors (Lipinski definition) is 4. The van der Waals surface area contributed by atoms with Crippen molar-refractivity contribution in [3.8, 4) is 11.5 Å². The van der Waals surface area contributed by atoms with Gasteiger partial charge in [-0.25, -0.2) is 0 Å². The number of benzene rings is 2. The molecule has 0 heterocycles. The van der Waals surface area contributed by atoms with E-state index in [-0.39, 0.29) is 23.0 Å². The van der Waals surface area contributed by atoms with Gasteiger partial charge < -0.3 is 20.4 Å². The Hall–Kier alpha value is -2.04. The topological polar surface area (TPSA) is 80.9 Å². The number of aromatic hydroxyl groups is 2. The van der Waals surface area contributed by atoms with Gasteiger partial charge in [0.1, 0.15) is 11.5 Å². The molecule has 4 nitrogen and oxygen atoms in total. The van der Waals surface area contributed by atoms with Crippen LogP contribution < -0.4 is 0 Å². The van der Waals surface area contributed by atoms with Crippen LogP contribution in [0.25, 0.3) is 0 Å². The van der Waals surface area contributed by atoms with Crippen molar-refractivity contribution in [1.82, 2.24) is 0 Å². The number of unbranched alkanes of at least 4 members (excludes halogenated alkanes) is 6. The molecule has 4 heteroatoms. The van der Waals surface area contributed by atoms with Crippen molar-refractivity contribution in [3.05, 3.63) is 58.7 Å². The summed E-state index contributed by atoms with van der Waals surface area (Å²) in [5, 5.41) is 42.6. The van der Waals surface area contributed by atoms with E-state index in [2.05, 4.69) is 38.1 Å². The van der Waals surface area contributed by atoms with Crippen molar-refractivity contribution in [3.63, 3.8) is 0 Å². The molecule has 0 aliphatic heterocycles. The SMILES string of the molecule is C[C@]12CC[C@@H]3c4ccc(O)cc4CC(CCCCCCCCCC4Cc5cc(O)ccc5[C@H]5CC[C@]6(C)[C@@H](O)CC[C@H]6[C@H]45)[C@H]3[C@@H]1CC[C@@H]2O. The third-order valence-electron chi connectivity index (χ3n) is 16.3. The van der Waals surface area contributed by atoms with Crippen LogP contribution in [0, 0.1) is 46.3 Å². The smallest absolute Gasteiger partial charge is 0.115 e. The second-order valence-electron chi connectivity index (χ2n) is 18.6. The van der Waals surface area contributed by atoms with E-state index in [0.717, 1.165) is 38.5 Å². The number of aliphatic hydroxyl groups excluding tert-OH is 2. The van der Waals surface area contributed by atoms with Crippen LogP contribution in [0.3, 0.4) is 0 Å². The van der Waals surface area contributed by atoms with E-state index in [9.17, 15) is 20.4 Å². The van der Waals surface area contributed by atoms with Gasteiger partial charge in [-0.05, 0) is 182 Å². The molecular weight excluding hydrogens is 604 g/mol. The van der Waals surface area contributed by atoms with Crippen molar-refractivity contribution in [2.24, 2.45) is 46.3 Å². The van der Waals surface area contributed by atoms with Crippen LogP contribution >= 0.6 is 0 Å². The molecule has 4 fully saturated rings. The van der Waals surface area contributed by atoms with Crippen molar-refractivity contribution in [2.45, 2.75) is 160 Å². The Balaban J connectivity index is 0.827. The Morgan fingerprint density at radius 1 is 0.551 bits per heavy atom. The average Bonchev–Trinajstić information content (AvgIpc) is 3.56. The molecule has 0 radical (unpaired) electrons. The summed E-state index contributed by atoms with van der Waals surface area (Å²) in [5.74, 6) is 5.97. The molecule has 2 aromatic rings. The summed E-state index contributed by atoms with van der Waals surface area (Å²) in [6, 6.07) is 12.3. The first-order valence-electron chi connectivity index (χ1n) is 20.7. The Bertz CT molecular complexity index is 1370. The maximum Gasteiger partial charge on any atom is 0.115 e. The van der Waals surface area contributed by atoms with Crippen molar-refractivity contribution < 1.29 is 20.4 Å². The zero-order valence-electron chi connectivity index (χ0n) is 30.5. The second kappa shape index (κ2) is 13.5. The summed E-state index contributed by atoms with van der Waals surface area (Å²) in [6.45, 7) is 4.77. The van der Waals surface area contributed by atoms with E-state index in [0.29, 0.717) is 58.8 Å². The summed E-state index contributed by atoms with van der Waals surface area (Å²) < 4.78 is 0. The van der Waals surface area contributed by atoms with Crippen LogP contribution in [-0.4, -0.2) is 32.6 Å². The molecule has 4 N–H and O–H groups in total. The number of aliphatic hydroxyl groups is 2. The lowest BCUT2D eigenvalue weighted by Gasteiger charge is -2.53. The highest BCUT2D eigenvalue weighted by molar-refractivity contribution is 5.42. The van der Waals surface area contributed by atoms with Gasteiger partial charge >= 0.3 is 0 Å². The number of hydrogen-bond donors (Lipinski definition) is 4. The lowest BCUT2D eigenvalue weighted by atomic mass is 9.52. The number of phenolic OH excluding ortho intramolecular Hbond substituents is 2. The average molecular weight is 669 g/mol. The summed E-state index contributed by atoms with van der Waals surface area (Å²) in [7, 11) is 0. The minimum atomic E-state index is -0.137. The van der Waals surface area contributed by atoms with Gasteiger partial charge in [0.25, 0.3) is 0 Å². The molecule has 268 valence electrons. The third kappa shape index (κ3) is 5.97. The van der Waals surface area contributed by atoms with Gasteiger partial charge in [-0.1, -0.05) is 70.9 Å². The minimum Gasteiger partial charge on any atom is -0.508 e. The molecule has 12 atom stereocenters. The maximum atomic E-state index is 11.0. The normalized spacial score (nSPS) is 40.5. The molecule has 0 bridgehead atoms. The molecule has 2 unspecified atom stereocenters. The van der Waals surface area contributed by atoms with Gasteiger partial charge in [0.2, 0.25) is 0 Å². The highest BCUT2D eigenvalue weighted by Crippen LogP contribution is 2.64. The molecule has 6 aliphatic carbocycles. The fourth-order valence-electron chi connectivity index (χ4n) is 13.8. The Kier molecular flexibility index (Phi) is 9.39. The predicted molar refractivity (Wildman–Crippen MR) is 197 cm³/mol. The fourth-order valence-corrected chi connectivity index (χ4v) is 13.8. The molecule has 6 aliphatic rings. The molecule has 4 saturated carbocycles. The van der Waals surface area contributed by atoms with Gasteiger partial charge in [0, 0.05) is 0 Å². The van der Waals surface area contributed by atoms with Gasteiger partial charge in [0.05, 0.1) is 12.2 Å². The Morgan fingerprint density at radius 2 is 0.959 bits per heavy atom. The van der Waals surface area contributed by atoms with E-state index >= 15 is 0 Å². The molecule has 8 rings (SSSR count). The second-order valence-corrected chi connectivity index (χ2v) is 18.6.